The molecule has 6 heteroatoms. The van der Waals surface area contributed by atoms with Gasteiger partial charge in [-0.3, -0.25) is 4.79 Å². The van der Waals surface area contributed by atoms with Crippen LogP contribution in [-0.2, 0) is 6.18 Å². The van der Waals surface area contributed by atoms with E-state index in [1.165, 1.54) is 12.1 Å². The summed E-state index contributed by atoms with van der Waals surface area (Å²) in [6.07, 6.45) is -4.54. The highest BCUT2D eigenvalue weighted by molar-refractivity contribution is 5.83. The molecule has 84 valence electrons. The van der Waals surface area contributed by atoms with Gasteiger partial charge in [-0.25, -0.2) is 0 Å². The third-order valence-electron chi connectivity index (χ3n) is 2.17. The van der Waals surface area contributed by atoms with Gasteiger partial charge in [-0.05, 0) is 12.1 Å². The molecule has 0 fully saturated rings. The van der Waals surface area contributed by atoms with Crippen LogP contribution in [0.1, 0.15) is 5.56 Å². The highest BCUT2D eigenvalue weighted by atomic mass is 19.4. The van der Waals surface area contributed by atoms with E-state index in [2.05, 4.69) is 0 Å². The molecular formula is C10H6F3NO2. The molecule has 0 atom stereocenters. The van der Waals surface area contributed by atoms with E-state index in [1.54, 1.807) is 0 Å². The third kappa shape index (κ3) is 1.62. The number of hydrogen-bond acceptors (Lipinski definition) is 2. The van der Waals surface area contributed by atoms with Crippen LogP contribution in [0.4, 0.5) is 13.2 Å². The first-order valence-corrected chi connectivity index (χ1v) is 4.32. The molecule has 1 heterocycles. The summed E-state index contributed by atoms with van der Waals surface area (Å²) >= 11 is 0. The van der Waals surface area contributed by atoms with Crippen LogP contribution in [0.25, 0.3) is 10.9 Å². The first kappa shape index (κ1) is 10.5. The molecule has 0 amide bonds. The topological polar surface area (TPSA) is 53.1 Å². The molecule has 0 saturated carbocycles. The number of H-pyrrole nitrogens is 1. The lowest BCUT2D eigenvalue weighted by molar-refractivity contribution is -0.136. The molecule has 0 aliphatic rings. The Morgan fingerprint density at radius 1 is 1.25 bits per heavy atom. The van der Waals surface area contributed by atoms with Gasteiger partial charge >= 0.3 is 6.18 Å². The number of pyridine rings is 1. The molecule has 16 heavy (non-hydrogen) atoms. The normalized spacial score (nSPS) is 11.9. The molecule has 0 radical (unpaired) electrons. The zero-order valence-electron chi connectivity index (χ0n) is 7.80. The van der Waals surface area contributed by atoms with Crippen molar-refractivity contribution in [3.8, 4) is 5.75 Å². The Bertz CT molecular complexity index is 601. The molecule has 0 aliphatic heterocycles. The van der Waals surface area contributed by atoms with Gasteiger partial charge in [0.05, 0.1) is 11.1 Å². The van der Waals surface area contributed by atoms with Gasteiger partial charge in [0.2, 0.25) is 0 Å². The number of benzene rings is 1. The van der Waals surface area contributed by atoms with Gasteiger partial charge in [-0.2, -0.15) is 13.2 Å². The maximum Gasteiger partial charge on any atom is 0.418 e. The van der Waals surface area contributed by atoms with Crippen LogP contribution >= 0.6 is 0 Å². The number of aromatic amines is 1. The number of aromatic nitrogens is 1. The van der Waals surface area contributed by atoms with Crippen molar-refractivity contribution < 1.29 is 18.3 Å². The van der Waals surface area contributed by atoms with Crippen LogP contribution in [-0.4, -0.2) is 10.1 Å². The van der Waals surface area contributed by atoms with E-state index < -0.39 is 23.0 Å². The largest absolute Gasteiger partial charge is 0.503 e. The molecule has 0 saturated heterocycles. The lowest BCUT2D eigenvalue weighted by Gasteiger charge is -2.09. The number of para-hydroxylation sites is 1. The maximum atomic E-state index is 12.6. The number of hydrogen-bond donors (Lipinski definition) is 2. The average molecular weight is 229 g/mol. The van der Waals surface area contributed by atoms with Crippen LogP contribution < -0.4 is 5.56 Å². The Morgan fingerprint density at radius 2 is 1.94 bits per heavy atom. The summed E-state index contributed by atoms with van der Waals surface area (Å²) in [6, 6.07) is 4.46. The second-order valence-corrected chi connectivity index (χ2v) is 3.25. The number of rotatable bonds is 0. The fourth-order valence-electron chi connectivity index (χ4n) is 1.46. The van der Waals surface area contributed by atoms with E-state index in [9.17, 15) is 18.0 Å². The summed E-state index contributed by atoms with van der Waals surface area (Å²) < 4.78 is 37.7. The van der Waals surface area contributed by atoms with E-state index in [0.717, 1.165) is 12.1 Å². The van der Waals surface area contributed by atoms with Crippen molar-refractivity contribution in [3.05, 3.63) is 40.2 Å². The van der Waals surface area contributed by atoms with Crippen LogP contribution in [0, 0.1) is 0 Å². The lowest BCUT2D eigenvalue weighted by Crippen LogP contribution is -2.11. The second kappa shape index (κ2) is 3.26. The van der Waals surface area contributed by atoms with Gasteiger partial charge in [0, 0.05) is 5.39 Å². The lowest BCUT2D eigenvalue weighted by atomic mass is 10.1. The number of aromatic hydroxyl groups is 1. The number of fused-ring (bicyclic) bond motifs is 1. The van der Waals surface area contributed by atoms with E-state index in [-0.39, 0.29) is 10.9 Å². The fraction of sp³-hybridized carbons (Fsp3) is 0.100. The van der Waals surface area contributed by atoms with Crippen molar-refractivity contribution in [1.29, 1.82) is 0 Å². The molecule has 1 aromatic heterocycles. The molecule has 3 nitrogen and oxygen atoms in total. The Balaban J connectivity index is 2.88. The fourth-order valence-corrected chi connectivity index (χ4v) is 1.46. The highest BCUT2D eigenvalue weighted by Crippen LogP contribution is 2.33. The standard InChI is InChI=1S/C10H6F3NO2/c11-10(12,13)6-3-1-2-5-4-7(15)9(16)14-8(5)6/h1-4,15H,(H,14,16). The van der Waals surface area contributed by atoms with Gasteiger partial charge in [0.25, 0.3) is 5.56 Å². The summed E-state index contributed by atoms with van der Waals surface area (Å²) in [5, 5.41) is 9.22. The molecule has 0 aliphatic carbocycles. The van der Waals surface area contributed by atoms with E-state index in [0.29, 0.717) is 0 Å². The molecule has 0 unspecified atom stereocenters. The zero-order valence-corrected chi connectivity index (χ0v) is 7.80. The van der Waals surface area contributed by atoms with Crippen molar-refractivity contribution in [2.45, 2.75) is 6.18 Å². The van der Waals surface area contributed by atoms with Crippen molar-refractivity contribution in [1.82, 2.24) is 4.98 Å². The van der Waals surface area contributed by atoms with Crippen molar-refractivity contribution in [2.75, 3.05) is 0 Å². The maximum absolute atomic E-state index is 12.6. The van der Waals surface area contributed by atoms with E-state index in [4.69, 9.17) is 5.11 Å². The number of alkyl halides is 3. The minimum atomic E-state index is -4.54. The van der Waals surface area contributed by atoms with Gasteiger partial charge in [0.15, 0.2) is 5.75 Å². The van der Waals surface area contributed by atoms with Gasteiger partial charge in [0.1, 0.15) is 0 Å². The SMILES string of the molecule is O=c1[nH]c2c(C(F)(F)F)cccc2cc1O. The molecule has 0 bridgehead atoms. The molecule has 2 rings (SSSR count). The van der Waals surface area contributed by atoms with Crippen LogP contribution in [0.15, 0.2) is 29.1 Å². The Kier molecular flexibility index (Phi) is 2.15. The summed E-state index contributed by atoms with van der Waals surface area (Å²) in [4.78, 5) is 13.0. The Labute approximate surface area is 87.2 Å². The Morgan fingerprint density at radius 3 is 2.56 bits per heavy atom. The smallest absolute Gasteiger partial charge is 0.418 e. The third-order valence-corrected chi connectivity index (χ3v) is 2.17. The quantitative estimate of drug-likeness (QED) is 0.727. The van der Waals surface area contributed by atoms with Crippen molar-refractivity contribution >= 4 is 10.9 Å². The first-order valence-electron chi connectivity index (χ1n) is 4.32. The predicted octanol–water partition coefficient (Wildman–Crippen LogP) is 2.25. The summed E-state index contributed by atoms with van der Waals surface area (Å²) in [6.45, 7) is 0. The zero-order chi connectivity index (χ0) is 11.9. The molecule has 1 aromatic carbocycles. The molecular weight excluding hydrogens is 223 g/mol. The predicted molar refractivity (Wildman–Crippen MR) is 51.2 cm³/mol. The van der Waals surface area contributed by atoms with Crippen LogP contribution in [0.3, 0.4) is 0 Å². The van der Waals surface area contributed by atoms with Gasteiger partial charge in [-0.15, -0.1) is 0 Å². The minimum absolute atomic E-state index is 0.131. The number of nitrogens with one attached hydrogen (secondary N) is 1. The van der Waals surface area contributed by atoms with Crippen molar-refractivity contribution in [3.63, 3.8) is 0 Å². The van der Waals surface area contributed by atoms with Gasteiger partial charge in [-0.1, -0.05) is 12.1 Å². The highest BCUT2D eigenvalue weighted by Gasteiger charge is 2.32. The minimum Gasteiger partial charge on any atom is -0.503 e. The summed E-state index contributed by atoms with van der Waals surface area (Å²) in [5.41, 5.74) is -2.19. The summed E-state index contributed by atoms with van der Waals surface area (Å²) in [5.74, 6) is -0.605. The van der Waals surface area contributed by atoms with Crippen LogP contribution in [0.5, 0.6) is 5.75 Å². The van der Waals surface area contributed by atoms with E-state index in [1.807, 2.05) is 4.98 Å². The monoisotopic (exact) mass is 229 g/mol. The Hall–Kier alpha value is -1.98. The average Bonchev–Trinajstić information content (AvgIpc) is 2.17. The molecule has 0 spiro atoms. The first-order chi connectivity index (χ1) is 7.39. The van der Waals surface area contributed by atoms with E-state index >= 15 is 0 Å². The second-order valence-electron chi connectivity index (χ2n) is 3.25. The number of halogens is 3. The van der Waals surface area contributed by atoms with Crippen molar-refractivity contribution in [2.24, 2.45) is 0 Å². The molecule has 2 aromatic rings. The van der Waals surface area contributed by atoms with Gasteiger partial charge < -0.3 is 10.1 Å². The summed E-state index contributed by atoms with van der Waals surface area (Å²) in [7, 11) is 0. The molecule has 2 N–H and O–H groups in total. The van der Waals surface area contributed by atoms with Crippen LogP contribution in [0.2, 0.25) is 0 Å².